The molecule has 96 valence electrons. The minimum Gasteiger partial charge on any atom is -0.414 e. The predicted octanol–water partition coefficient (Wildman–Crippen LogP) is 3.53. The summed E-state index contributed by atoms with van der Waals surface area (Å²) in [6, 6.07) is 0. The lowest BCUT2D eigenvalue weighted by Gasteiger charge is -2.41. The van der Waals surface area contributed by atoms with Crippen LogP contribution in [-0.4, -0.2) is 21.0 Å². The molecule has 0 spiro atoms. The molecule has 1 aliphatic carbocycles. The lowest BCUT2D eigenvalue weighted by molar-refractivity contribution is 0.118. The summed E-state index contributed by atoms with van der Waals surface area (Å²) in [5.41, 5.74) is 5.71. The first kappa shape index (κ1) is 14.2. The van der Waals surface area contributed by atoms with Gasteiger partial charge in [0.25, 0.3) is 0 Å². The summed E-state index contributed by atoms with van der Waals surface area (Å²) < 4.78 is 6.43. The van der Waals surface area contributed by atoms with Crippen molar-refractivity contribution in [2.24, 2.45) is 11.7 Å². The molecule has 0 unspecified atom stereocenters. The second kappa shape index (κ2) is 5.19. The van der Waals surface area contributed by atoms with E-state index in [0.29, 0.717) is 11.1 Å². The molecule has 0 radical (unpaired) electrons. The molecule has 0 bridgehead atoms. The number of hydrogen-bond acceptors (Lipinski definition) is 2. The van der Waals surface area contributed by atoms with Gasteiger partial charge in [-0.15, -0.1) is 0 Å². The highest BCUT2D eigenvalue weighted by Crippen LogP contribution is 2.39. The molecule has 16 heavy (non-hydrogen) atoms. The van der Waals surface area contributed by atoms with Crippen LogP contribution in [-0.2, 0) is 4.43 Å². The second-order valence-electron chi connectivity index (χ2n) is 6.76. The normalized spacial score (nSPS) is 28.1. The Labute approximate surface area is 102 Å². The minimum atomic E-state index is -1.56. The highest BCUT2D eigenvalue weighted by atomic mass is 28.4. The minimum absolute atomic E-state index is 0.331. The van der Waals surface area contributed by atoms with Crippen molar-refractivity contribution in [2.45, 2.75) is 70.7 Å². The van der Waals surface area contributed by atoms with Gasteiger partial charge in [0, 0.05) is 6.10 Å². The Morgan fingerprint density at radius 1 is 1.12 bits per heavy atom. The van der Waals surface area contributed by atoms with Crippen LogP contribution < -0.4 is 5.73 Å². The van der Waals surface area contributed by atoms with E-state index in [1.165, 1.54) is 25.7 Å². The average molecular weight is 243 g/mol. The second-order valence-corrected chi connectivity index (χ2v) is 11.5. The summed E-state index contributed by atoms with van der Waals surface area (Å²) in [7, 11) is -1.56. The number of rotatable bonds is 3. The Bertz CT molecular complexity index is 214. The molecule has 1 rings (SSSR count). The van der Waals surface area contributed by atoms with Crippen LogP contribution in [0.3, 0.4) is 0 Å². The van der Waals surface area contributed by atoms with Gasteiger partial charge < -0.3 is 10.2 Å². The van der Waals surface area contributed by atoms with Crippen LogP contribution >= 0.6 is 0 Å². The van der Waals surface area contributed by atoms with E-state index < -0.39 is 8.32 Å². The summed E-state index contributed by atoms with van der Waals surface area (Å²) in [5, 5.41) is 0.331. The van der Waals surface area contributed by atoms with Crippen LogP contribution in [0.4, 0.5) is 0 Å². The SMILES string of the molecule is CC(C)(C)[Si](C)(C)OC1CCC(CN)CC1. The molecule has 0 aromatic heterocycles. The lowest BCUT2D eigenvalue weighted by atomic mass is 9.88. The molecule has 0 atom stereocenters. The van der Waals surface area contributed by atoms with Crippen molar-refractivity contribution in [3.63, 3.8) is 0 Å². The van der Waals surface area contributed by atoms with E-state index in [4.69, 9.17) is 10.2 Å². The third kappa shape index (κ3) is 3.57. The molecule has 0 heterocycles. The molecule has 2 N–H and O–H groups in total. The molecule has 0 aliphatic heterocycles. The topological polar surface area (TPSA) is 35.2 Å². The lowest BCUT2D eigenvalue weighted by Crippen LogP contribution is -2.44. The van der Waals surface area contributed by atoms with Gasteiger partial charge in [0.05, 0.1) is 0 Å². The first-order valence-corrected chi connectivity index (χ1v) is 9.55. The Balaban J connectivity index is 2.45. The summed E-state index contributed by atoms with van der Waals surface area (Å²) in [5.74, 6) is 0.749. The standard InChI is InChI=1S/C13H29NOSi/c1-13(2,3)16(4,5)15-12-8-6-11(10-14)7-9-12/h11-12H,6-10,14H2,1-5H3. The highest BCUT2D eigenvalue weighted by Gasteiger charge is 2.39. The zero-order valence-electron chi connectivity index (χ0n) is 11.7. The Morgan fingerprint density at radius 3 is 2.00 bits per heavy atom. The van der Waals surface area contributed by atoms with Gasteiger partial charge in [-0.05, 0) is 56.3 Å². The van der Waals surface area contributed by atoms with Gasteiger partial charge >= 0.3 is 0 Å². The monoisotopic (exact) mass is 243 g/mol. The third-order valence-electron chi connectivity index (χ3n) is 4.39. The molecule has 1 saturated carbocycles. The van der Waals surface area contributed by atoms with Crippen LogP contribution in [0.15, 0.2) is 0 Å². The maximum Gasteiger partial charge on any atom is 0.192 e. The van der Waals surface area contributed by atoms with E-state index in [9.17, 15) is 0 Å². The van der Waals surface area contributed by atoms with Crippen LogP contribution in [0.5, 0.6) is 0 Å². The molecule has 2 nitrogen and oxygen atoms in total. The third-order valence-corrected chi connectivity index (χ3v) is 8.93. The fraction of sp³-hybridized carbons (Fsp3) is 1.00. The molecular weight excluding hydrogens is 214 g/mol. The largest absolute Gasteiger partial charge is 0.414 e. The maximum absolute atomic E-state index is 6.43. The molecular formula is C13H29NOSi. The predicted molar refractivity (Wildman–Crippen MR) is 73.1 cm³/mol. The summed E-state index contributed by atoms with van der Waals surface area (Å²) in [6.07, 6.45) is 5.46. The smallest absolute Gasteiger partial charge is 0.192 e. The first-order valence-electron chi connectivity index (χ1n) is 6.64. The van der Waals surface area contributed by atoms with E-state index in [0.717, 1.165) is 12.5 Å². The molecule has 1 aliphatic rings. The van der Waals surface area contributed by atoms with E-state index in [-0.39, 0.29) is 0 Å². The first-order chi connectivity index (χ1) is 7.26. The van der Waals surface area contributed by atoms with Gasteiger partial charge in [-0.25, -0.2) is 0 Å². The maximum atomic E-state index is 6.43. The molecule has 0 aromatic rings. The van der Waals surface area contributed by atoms with Crippen LogP contribution in [0.1, 0.15) is 46.5 Å². The van der Waals surface area contributed by atoms with Gasteiger partial charge in [0.1, 0.15) is 0 Å². The Morgan fingerprint density at radius 2 is 1.62 bits per heavy atom. The van der Waals surface area contributed by atoms with Gasteiger partial charge in [0.15, 0.2) is 8.32 Å². The van der Waals surface area contributed by atoms with E-state index in [2.05, 4.69) is 33.9 Å². The van der Waals surface area contributed by atoms with Crippen molar-refractivity contribution in [3.05, 3.63) is 0 Å². The van der Waals surface area contributed by atoms with Crippen LogP contribution in [0.2, 0.25) is 18.1 Å². The molecule has 0 amide bonds. The fourth-order valence-corrected chi connectivity index (χ4v) is 3.50. The summed E-state index contributed by atoms with van der Waals surface area (Å²) >= 11 is 0. The number of hydrogen-bond donors (Lipinski definition) is 1. The molecule has 1 fully saturated rings. The van der Waals surface area contributed by atoms with Crippen molar-refractivity contribution < 1.29 is 4.43 Å². The summed E-state index contributed by atoms with van der Waals surface area (Å²) in [4.78, 5) is 0. The van der Waals surface area contributed by atoms with Gasteiger partial charge in [0.2, 0.25) is 0 Å². The van der Waals surface area contributed by atoms with E-state index in [1.807, 2.05) is 0 Å². The van der Waals surface area contributed by atoms with Crippen molar-refractivity contribution in [1.82, 2.24) is 0 Å². The molecule has 3 heteroatoms. The van der Waals surface area contributed by atoms with Crippen molar-refractivity contribution in [2.75, 3.05) is 6.54 Å². The molecule has 0 aromatic carbocycles. The fourth-order valence-electron chi connectivity index (χ4n) is 2.08. The zero-order chi connectivity index (χ0) is 12.4. The van der Waals surface area contributed by atoms with Crippen LogP contribution in [0, 0.1) is 5.92 Å². The molecule has 0 saturated heterocycles. The highest BCUT2D eigenvalue weighted by molar-refractivity contribution is 6.74. The zero-order valence-corrected chi connectivity index (χ0v) is 12.7. The van der Waals surface area contributed by atoms with Gasteiger partial charge in [-0.1, -0.05) is 20.8 Å². The number of nitrogens with two attached hydrogens (primary N) is 1. The Kier molecular flexibility index (Phi) is 4.61. The average Bonchev–Trinajstić information content (AvgIpc) is 2.16. The van der Waals surface area contributed by atoms with Crippen molar-refractivity contribution >= 4 is 8.32 Å². The Hall–Kier alpha value is 0.137. The van der Waals surface area contributed by atoms with Gasteiger partial charge in [-0.3, -0.25) is 0 Å². The van der Waals surface area contributed by atoms with Crippen molar-refractivity contribution in [1.29, 1.82) is 0 Å². The van der Waals surface area contributed by atoms with E-state index in [1.54, 1.807) is 0 Å². The van der Waals surface area contributed by atoms with Gasteiger partial charge in [-0.2, -0.15) is 0 Å². The quantitative estimate of drug-likeness (QED) is 0.770. The van der Waals surface area contributed by atoms with Crippen molar-refractivity contribution in [3.8, 4) is 0 Å². The summed E-state index contributed by atoms with van der Waals surface area (Å²) in [6.45, 7) is 12.5. The van der Waals surface area contributed by atoms with Crippen LogP contribution in [0.25, 0.3) is 0 Å². The van der Waals surface area contributed by atoms with E-state index >= 15 is 0 Å².